The number of Topliss-reactive ketones (excluding diaryl/α,β-unsaturated/α-hetero) is 1. The third kappa shape index (κ3) is 3.36. The lowest BCUT2D eigenvalue weighted by atomic mass is 9.96. The molecule has 1 atom stereocenters. The SMILES string of the molecule is Cc1cc(CC(=O)[C@@](C)(O)CBr)ccc1[N+](=O)[O-]. The molecule has 98 valence electrons. The Morgan fingerprint density at radius 3 is 2.61 bits per heavy atom. The highest BCUT2D eigenvalue weighted by atomic mass is 79.9. The van der Waals surface area contributed by atoms with Gasteiger partial charge in [0.1, 0.15) is 5.60 Å². The van der Waals surface area contributed by atoms with Crippen LogP contribution in [0.3, 0.4) is 0 Å². The zero-order chi connectivity index (χ0) is 13.9. The molecule has 0 saturated carbocycles. The summed E-state index contributed by atoms with van der Waals surface area (Å²) in [7, 11) is 0. The number of nitro groups is 1. The molecule has 0 aliphatic carbocycles. The number of carbonyl (C=O) groups excluding carboxylic acids is 1. The van der Waals surface area contributed by atoms with Gasteiger partial charge in [-0.15, -0.1) is 0 Å². The van der Waals surface area contributed by atoms with Crippen LogP contribution in [0.2, 0.25) is 0 Å². The van der Waals surface area contributed by atoms with E-state index in [1.165, 1.54) is 19.1 Å². The number of ketones is 1. The van der Waals surface area contributed by atoms with Gasteiger partial charge >= 0.3 is 0 Å². The third-order valence-electron chi connectivity index (χ3n) is 2.68. The van der Waals surface area contributed by atoms with Gasteiger partial charge in [0.15, 0.2) is 5.78 Å². The first-order valence-corrected chi connectivity index (χ1v) is 6.45. The molecule has 18 heavy (non-hydrogen) atoms. The molecular weight excluding hydrogens is 302 g/mol. The molecule has 1 N–H and O–H groups in total. The molecule has 0 saturated heterocycles. The van der Waals surface area contributed by atoms with Gasteiger partial charge in [0, 0.05) is 23.4 Å². The Bertz CT molecular complexity index is 485. The van der Waals surface area contributed by atoms with Crippen LogP contribution in [0.25, 0.3) is 0 Å². The van der Waals surface area contributed by atoms with Crippen molar-refractivity contribution in [2.75, 3.05) is 5.33 Å². The predicted molar refractivity (Wildman–Crippen MR) is 71.0 cm³/mol. The second-order valence-corrected chi connectivity index (χ2v) is 4.95. The van der Waals surface area contributed by atoms with Gasteiger partial charge in [0.25, 0.3) is 5.69 Å². The maximum atomic E-state index is 11.8. The summed E-state index contributed by atoms with van der Waals surface area (Å²) < 4.78 is 0. The van der Waals surface area contributed by atoms with E-state index in [1.54, 1.807) is 13.0 Å². The number of rotatable bonds is 5. The molecule has 0 heterocycles. The molecule has 1 aromatic rings. The van der Waals surface area contributed by atoms with Gasteiger partial charge in [-0.2, -0.15) is 0 Å². The van der Waals surface area contributed by atoms with Crippen molar-refractivity contribution in [3.8, 4) is 0 Å². The highest BCUT2D eigenvalue weighted by molar-refractivity contribution is 9.09. The molecule has 6 heteroatoms. The van der Waals surface area contributed by atoms with Crippen LogP contribution in [-0.4, -0.2) is 26.7 Å². The molecule has 0 unspecified atom stereocenters. The number of benzene rings is 1. The fourth-order valence-electron chi connectivity index (χ4n) is 1.48. The number of nitrogens with zero attached hydrogens (tertiary/aromatic N) is 1. The average molecular weight is 316 g/mol. The number of hydrogen-bond donors (Lipinski definition) is 1. The topological polar surface area (TPSA) is 80.4 Å². The van der Waals surface area contributed by atoms with E-state index in [2.05, 4.69) is 15.9 Å². The highest BCUT2D eigenvalue weighted by Crippen LogP contribution is 2.20. The average Bonchev–Trinajstić information content (AvgIpc) is 2.28. The van der Waals surface area contributed by atoms with Gasteiger partial charge in [-0.05, 0) is 25.5 Å². The lowest BCUT2D eigenvalue weighted by Crippen LogP contribution is -2.38. The first-order chi connectivity index (χ1) is 8.27. The monoisotopic (exact) mass is 315 g/mol. The Morgan fingerprint density at radius 2 is 2.17 bits per heavy atom. The molecular formula is C12H14BrNO4. The largest absolute Gasteiger partial charge is 0.381 e. The van der Waals surface area contributed by atoms with Gasteiger partial charge in [-0.1, -0.05) is 22.0 Å². The Morgan fingerprint density at radius 1 is 1.56 bits per heavy atom. The van der Waals surface area contributed by atoms with Crippen molar-refractivity contribution < 1.29 is 14.8 Å². The number of nitro benzene ring substituents is 1. The van der Waals surface area contributed by atoms with E-state index in [0.717, 1.165) is 0 Å². The number of carbonyl (C=O) groups is 1. The molecule has 1 aromatic carbocycles. The number of aliphatic hydroxyl groups is 1. The third-order valence-corrected chi connectivity index (χ3v) is 3.78. The second-order valence-electron chi connectivity index (χ2n) is 4.39. The zero-order valence-corrected chi connectivity index (χ0v) is 11.7. The number of alkyl halides is 1. The molecule has 1 rings (SSSR count). The van der Waals surface area contributed by atoms with Crippen LogP contribution < -0.4 is 0 Å². The molecule has 0 aliphatic heterocycles. The zero-order valence-electron chi connectivity index (χ0n) is 10.1. The summed E-state index contributed by atoms with van der Waals surface area (Å²) in [5, 5.41) is 20.6. The second kappa shape index (κ2) is 5.58. The van der Waals surface area contributed by atoms with E-state index in [0.29, 0.717) is 11.1 Å². The first-order valence-electron chi connectivity index (χ1n) is 5.33. The van der Waals surface area contributed by atoms with Crippen molar-refractivity contribution >= 4 is 27.4 Å². The highest BCUT2D eigenvalue weighted by Gasteiger charge is 2.28. The molecule has 0 amide bonds. The number of aryl methyl sites for hydroxylation is 1. The summed E-state index contributed by atoms with van der Waals surface area (Å²) in [6.45, 7) is 3.05. The Kier molecular flexibility index (Phi) is 4.59. The van der Waals surface area contributed by atoms with Crippen LogP contribution in [0.15, 0.2) is 18.2 Å². The van der Waals surface area contributed by atoms with Gasteiger partial charge < -0.3 is 5.11 Å². The van der Waals surface area contributed by atoms with Crippen molar-refractivity contribution in [1.29, 1.82) is 0 Å². The minimum Gasteiger partial charge on any atom is -0.381 e. The van der Waals surface area contributed by atoms with Gasteiger partial charge in [-0.3, -0.25) is 14.9 Å². The van der Waals surface area contributed by atoms with Crippen LogP contribution >= 0.6 is 15.9 Å². The smallest absolute Gasteiger partial charge is 0.272 e. The summed E-state index contributed by atoms with van der Waals surface area (Å²) in [6, 6.07) is 4.51. The number of halogens is 1. The minimum atomic E-state index is -1.42. The molecule has 0 bridgehead atoms. The van der Waals surface area contributed by atoms with Gasteiger partial charge in [0.2, 0.25) is 0 Å². The maximum Gasteiger partial charge on any atom is 0.272 e. The summed E-state index contributed by atoms with van der Waals surface area (Å²) in [4.78, 5) is 22.0. The molecule has 0 radical (unpaired) electrons. The van der Waals surface area contributed by atoms with E-state index in [1.807, 2.05) is 0 Å². The van der Waals surface area contributed by atoms with Crippen LogP contribution in [-0.2, 0) is 11.2 Å². The van der Waals surface area contributed by atoms with Crippen molar-refractivity contribution in [2.24, 2.45) is 0 Å². The van der Waals surface area contributed by atoms with Crippen LogP contribution in [0.5, 0.6) is 0 Å². The normalized spacial score (nSPS) is 14.0. The summed E-state index contributed by atoms with van der Waals surface area (Å²) in [6.07, 6.45) is 0.0530. The van der Waals surface area contributed by atoms with Crippen LogP contribution in [0, 0.1) is 17.0 Å². The van der Waals surface area contributed by atoms with Crippen molar-refractivity contribution in [1.82, 2.24) is 0 Å². The lowest BCUT2D eigenvalue weighted by molar-refractivity contribution is -0.385. The Labute approximate surface area is 113 Å². The standard InChI is InChI=1S/C12H14BrNO4/c1-8-5-9(3-4-10(8)14(17)18)6-11(15)12(2,16)7-13/h3-5,16H,6-7H2,1-2H3/t12-/m0/s1. The summed E-state index contributed by atoms with van der Waals surface area (Å²) in [5.41, 5.74) is -0.234. The Hall–Kier alpha value is -1.27. The molecule has 0 spiro atoms. The molecule has 0 aromatic heterocycles. The molecule has 0 aliphatic rings. The quantitative estimate of drug-likeness (QED) is 0.513. The van der Waals surface area contributed by atoms with Crippen molar-refractivity contribution in [2.45, 2.75) is 25.9 Å². The summed E-state index contributed by atoms with van der Waals surface area (Å²) >= 11 is 3.07. The predicted octanol–water partition coefficient (Wildman–Crippen LogP) is 2.16. The fourth-order valence-corrected chi connectivity index (χ4v) is 1.80. The van der Waals surface area contributed by atoms with Gasteiger partial charge in [-0.25, -0.2) is 0 Å². The van der Waals surface area contributed by atoms with E-state index >= 15 is 0 Å². The van der Waals surface area contributed by atoms with E-state index in [4.69, 9.17) is 0 Å². The van der Waals surface area contributed by atoms with Crippen molar-refractivity contribution in [3.63, 3.8) is 0 Å². The lowest BCUT2D eigenvalue weighted by Gasteiger charge is -2.18. The minimum absolute atomic E-state index is 0.0263. The van der Waals surface area contributed by atoms with E-state index in [9.17, 15) is 20.0 Å². The van der Waals surface area contributed by atoms with Gasteiger partial charge in [0.05, 0.1) is 4.92 Å². The number of hydrogen-bond acceptors (Lipinski definition) is 4. The van der Waals surface area contributed by atoms with Crippen LogP contribution in [0.1, 0.15) is 18.1 Å². The first kappa shape index (κ1) is 14.8. The Balaban J connectivity index is 2.91. The maximum absolute atomic E-state index is 11.8. The molecule has 0 fully saturated rings. The van der Waals surface area contributed by atoms with Crippen molar-refractivity contribution in [3.05, 3.63) is 39.4 Å². The summed E-state index contributed by atoms with van der Waals surface area (Å²) in [5.74, 6) is -0.326. The molecule has 5 nitrogen and oxygen atoms in total. The fraction of sp³-hybridized carbons (Fsp3) is 0.417. The van der Waals surface area contributed by atoms with E-state index in [-0.39, 0.29) is 23.2 Å². The van der Waals surface area contributed by atoms with E-state index < -0.39 is 10.5 Å². The van der Waals surface area contributed by atoms with Crippen LogP contribution in [0.4, 0.5) is 5.69 Å².